The van der Waals surface area contributed by atoms with Gasteiger partial charge in [0.25, 0.3) is 0 Å². The molecule has 0 spiro atoms. The summed E-state index contributed by atoms with van der Waals surface area (Å²) >= 11 is 0. The van der Waals surface area contributed by atoms with E-state index >= 15 is 0 Å². The van der Waals surface area contributed by atoms with Gasteiger partial charge < -0.3 is 10.8 Å². The van der Waals surface area contributed by atoms with Gasteiger partial charge in [-0.1, -0.05) is 20.3 Å². The minimum absolute atomic E-state index is 0.0846. The van der Waals surface area contributed by atoms with E-state index in [1.54, 1.807) is 6.92 Å². The molecule has 0 aromatic rings. The van der Waals surface area contributed by atoms with Gasteiger partial charge >= 0.3 is 5.97 Å². The first kappa shape index (κ1) is 14.0. The Morgan fingerprint density at radius 3 is 2.20 bits per heavy atom. The van der Waals surface area contributed by atoms with Crippen LogP contribution in [-0.4, -0.2) is 25.2 Å². The summed E-state index contributed by atoms with van der Waals surface area (Å²) in [6, 6.07) is 0. The van der Waals surface area contributed by atoms with Gasteiger partial charge in [0, 0.05) is 5.70 Å². The molecule has 0 saturated heterocycles. The lowest BCUT2D eigenvalue weighted by molar-refractivity contribution is -0.131. The Labute approximate surface area is 89.9 Å². The lowest BCUT2D eigenvalue weighted by Gasteiger charge is -2.07. The molecule has 0 heterocycles. The maximum Gasteiger partial charge on any atom is 0.349 e. The summed E-state index contributed by atoms with van der Waals surface area (Å²) in [6.07, 6.45) is 1.35. The van der Waals surface area contributed by atoms with Gasteiger partial charge in [-0.25, -0.2) is 13.2 Å². The number of nitrogens with two attached hydrogens (primary N) is 1. The number of allylic oxidation sites excluding steroid dienone is 1. The van der Waals surface area contributed by atoms with E-state index < -0.39 is 20.7 Å². The second kappa shape index (κ2) is 5.75. The molecule has 0 aromatic heterocycles. The van der Waals surface area contributed by atoms with Crippen molar-refractivity contribution in [2.45, 2.75) is 33.1 Å². The summed E-state index contributed by atoms with van der Waals surface area (Å²) < 4.78 is 23.2. The van der Waals surface area contributed by atoms with Crippen LogP contribution < -0.4 is 5.73 Å². The zero-order chi connectivity index (χ0) is 12.1. The van der Waals surface area contributed by atoms with Crippen molar-refractivity contribution in [2.24, 2.45) is 5.73 Å². The molecular weight excluding hydrogens is 218 g/mol. The first-order valence-electron chi connectivity index (χ1n) is 4.81. The largest absolute Gasteiger partial charge is 0.477 e. The van der Waals surface area contributed by atoms with E-state index in [0.29, 0.717) is 12.8 Å². The second-order valence-electron chi connectivity index (χ2n) is 3.19. The number of rotatable bonds is 6. The van der Waals surface area contributed by atoms with Crippen LogP contribution in [0.3, 0.4) is 0 Å². The quantitative estimate of drug-likeness (QED) is 0.665. The van der Waals surface area contributed by atoms with E-state index in [0.717, 1.165) is 0 Å². The van der Waals surface area contributed by atoms with Crippen molar-refractivity contribution in [3.05, 3.63) is 10.6 Å². The Morgan fingerprint density at radius 2 is 1.87 bits per heavy atom. The predicted molar refractivity (Wildman–Crippen MR) is 57.8 cm³/mol. The molecule has 5 nitrogen and oxygen atoms in total. The Hall–Kier alpha value is -1.04. The summed E-state index contributed by atoms with van der Waals surface area (Å²) in [5.74, 6) is -1.63. The highest BCUT2D eigenvalue weighted by Crippen LogP contribution is 2.14. The number of carboxylic acid groups (broad SMARTS) is 1. The average molecular weight is 235 g/mol. The molecule has 0 saturated carbocycles. The van der Waals surface area contributed by atoms with Crippen molar-refractivity contribution in [1.29, 1.82) is 0 Å². The molecule has 0 bridgehead atoms. The molecule has 0 aliphatic carbocycles. The number of unbranched alkanes of at least 4 members (excludes halogenated alkanes) is 1. The Balaban J connectivity index is 5.20. The van der Waals surface area contributed by atoms with Gasteiger partial charge in [0.1, 0.15) is 0 Å². The maximum absolute atomic E-state index is 11.6. The number of carbonyl (C=O) groups is 1. The lowest BCUT2D eigenvalue weighted by atomic mass is 10.3. The van der Waals surface area contributed by atoms with Crippen molar-refractivity contribution in [3.63, 3.8) is 0 Å². The van der Waals surface area contributed by atoms with Gasteiger partial charge in [-0.3, -0.25) is 0 Å². The molecule has 0 unspecified atom stereocenters. The minimum Gasteiger partial charge on any atom is -0.477 e. The predicted octanol–water partition coefficient (Wildman–Crippen LogP) is 0.866. The summed E-state index contributed by atoms with van der Waals surface area (Å²) in [4.78, 5) is 10.2. The molecule has 0 rings (SSSR count). The van der Waals surface area contributed by atoms with Gasteiger partial charge in [0.05, 0.1) is 5.75 Å². The van der Waals surface area contributed by atoms with Crippen LogP contribution in [0.1, 0.15) is 33.1 Å². The van der Waals surface area contributed by atoms with Crippen molar-refractivity contribution in [2.75, 3.05) is 5.75 Å². The normalized spacial score (nSPS) is 13.5. The van der Waals surface area contributed by atoms with Crippen LogP contribution in [0.15, 0.2) is 10.6 Å². The Kier molecular flexibility index (Phi) is 5.35. The minimum atomic E-state index is -3.74. The standard InChI is InChI=1S/C9H17NO4S/c1-3-5-6-15(13,14)8(9(11)12)7(10)4-2/h3-6,10H2,1-2H3,(H,11,12)/b8-7+. The molecule has 6 heteroatoms. The van der Waals surface area contributed by atoms with E-state index in [1.807, 2.05) is 6.92 Å². The van der Waals surface area contributed by atoms with Gasteiger partial charge in [0.15, 0.2) is 14.7 Å². The molecule has 3 N–H and O–H groups in total. The van der Waals surface area contributed by atoms with Crippen LogP contribution in [-0.2, 0) is 14.6 Å². The highest BCUT2D eigenvalue weighted by Gasteiger charge is 2.26. The van der Waals surface area contributed by atoms with Crippen LogP contribution >= 0.6 is 0 Å². The smallest absolute Gasteiger partial charge is 0.349 e. The van der Waals surface area contributed by atoms with Crippen LogP contribution in [0.4, 0.5) is 0 Å². The van der Waals surface area contributed by atoms with E-state index in [2.05, 4.69) is 0 Å². The monoisotopic (exact) mass is 235 g/mol. The number of hydrogen-bond donors (Lipinski definition) is 2. The van der Waals surface area contributed by atoms with Crippen LogP contribution in [0, 0.1) is 0 Å². The van der Waals surface area contributed by atoms with E-state index in [-0.39, 0.29) is 17.9 Å². The fourth-order valence-corrected chi connectivity index (χ4v) is 2.75. The fraction of sp³-hybridized carbons (Fsp3) is 0.667. The second-order valence-corrected chi connectivity index (χ2v) is 5.23. The summed E-state index contributed by atoms with van der Waals surface area (Å²) in [5, 5.41) is 8.79. The lowest BCUT2D eigenvalue weighted by Crippen LogP contribution is -2.21. The van der Waals surface area contributed by atoms with Crippen molar-refractivity contribution < 1.29 is 18.3 Å². The third kappa shape index (κ3) is 3.91. The molecule has 0 aromatic carbocycles. The first-order chi connectivity index (χ1) is 6.86. The first-order valence-corrected chi connectivity index (χ1v) is 6.46. The van der Waals surface area contributed by atoms with Crippen molar-refractivity contribution in [1.82, 2.24) is 0 Å². The highest BCUT2D eigenvalue weighted by molar-refractivity contribution is 7.96. The summed E-state index contributed by atoms with van der Waals surface area (Å²) in [5.41, 5.74) is 5.31. The molecule has 88 valence electrons. The van der Waals surface area contributed by atoms with Crippen molar-refractivity contribution >= 4 is 15.8 Å². The number of aliphatic carboxylic acids is 1. The number of hydrogen-bond acceptors (Lipinski definition) is 4. The topological polar surface area (TPSA) is 97.5 Å². The van der Waals surface area contributed by atoms with E-state index in [4.69, 9.17) is 10.8 Å². The third-order valence-corrected chi connectivity index (χ3v) is 3.83. The third-order valence-electron chi connectivity index (χ3n) is 1.94. The zero-order valence-electron chi connectivity index (χ0n) is 8.99. The summed E-state index contributed by atoms with van der Waals surface area (Å²) in [7, 11) is -3.74. The van der Waals surface area contributed by atoms with E-state index in [9.17, 15) is 13.2 Å². The molecule has 0 atom stereocenters. The van der Waals surface area contributed by atoms with Gasteiger partial charge in [-0.2, -0.15) is 0 Å². The molecule has 0 amide bonds. The van der Waals surface area contributed by atoms with Gasteiger partial charge in [-0.15, -0.1) is 0 Å². The SMILES string of the molecule is CCCCS(=O)(=O)/C(C(=O)O)=C(/N)CC. The Bertz CT molecular complexity index is 356. The van der Waals surface area contributed by atoms with Gasteiger partial charge in [0.2, 0.25) is 0 Å². The molecule has 0 radical (unpaired) electrons. The van der Waals surface area contributed by atoms with Crippen molar-refractivity contribution in [3.8, 4) is 0 Å². The number of sulfone groups is 1. The highest BCUT2D eigenvalue weighted by atomic mass is 32.2. The molecular formula is C9H17NO4S. The molecule has 15 heavy (non-hydrogen) atoms. The fourth-order valence-electron chi connectivity index (χ4n) is 1.07. The maximum atomic E-state index is 11.6. The van der Waals surface area contributed by atoms with Crippen LogP contribution in [0.5, 0.6) is 0 Å². The average Bonchev–Trinajstić information content (AvgIpc) is 2.13. The van der Waals surface area contributed by atoms with Gasteiger partial charge in [-0.05, 0) is 12.8 Å². The number of carboxylic acids is 1. The molecule has 0 fully saturated rings. The zero-order valence-corrected chi connectivity index (χ0v) is 9.80. The van der Waals surface area contributed by atoms with E-state index in [1.165, 1.54) is 0 Å². The van der Waals surface area contributed by atoms with Crippen LogP contribution in [0.2, 0.25) is 0 Å². The molecule has 0 aliphatic heterocycles. The summed E-state index contributed by atoms with van der Waals surface area (Å²) in [6.45, 7) is 3.45. The molecule has 0 aliphatic rings. The Morgan fingerprint density at radius 1 is 1.33 bits per heavy atom. The van der Waals surface area contributed by atoms with Crippen LogP contribution in [0.25, 0.3) is 0 Å².